The zero-order valence-electron chi connectivity index (χ0n) is 8.02. The van der Waals surface area contributed by atoms with E-state index in [9.17, 15) is 0 Å². The lowest BCUT2D eigenvalue weighted by molar-refractivity contribution is 1.01. The largest absolute Gasteiger partial charge is 0.382 e. The Morgan fingerprint density at radius 2 is 1.87 bits per heavy atom. The monoisotopic (exact) mass is 225 g/mol. The molecule has 2 rings (SSSR count). The maximum absolute atomic E-state index is 7.23. The summed E-state index contributed by atoms with van der Waals surface area (Å²) in [6.07, 6.45) is 3.14. The number of aromatic nitrogens is 4. The van der Waals surface area contributed by atoms with E-state index in [1.54, 1.807) is 6.26 Å². The Bertz CT molecular complexity index is 477. The highest BCUT2D eigenvalue weighted by molar-refractivity contribution is 7.79. The van der Waals surface area contributed by atoms with Crippen LogP contribution in [0, 0.1) is 5.41 Å². The number of aromatic amines is 1. The van der Waals surface area contributed by atoms with Gasteiger partial charge in [-0.15, -0.1) is 0 Å². The van der Waals surface area contributed by atoms with Crippen LogP contribution < -0.4 is 17.1 Å². The fourth-order valence-electron chi connectivity index (χ4n) is 1.05. The molecule has 0 aliphatic rings. The van der Waals surface area contributed by atoms with Gasteiger partial charge in [0, 0.05) is 0 Å². The van der Waals surface area contributed by atoms with Crippen LogP contribution in [0.1, 0.15) is 0 Å². The molecule has 0 aliphatic carbocycles. The second-order valence-corrected chi connectivity index (χ2v) is 2.44. The first kappa shape index (κ1) is 11.2. The summed E-state index contributed by atoms with van der Waals surface area (Å²) >= 11 is 3.53. The highest BCUT2D eigenvalue weighted by Crippen LogP contribution is 2.14. The lowest BCUT2D eigenvalue weighted by Gasteiger charge is -1.85. The quantitative estimate of drug-likeness (QED) is 0.387. The number of fused-ring (bicyclic) bond motifs is 1. The zero-order chi connectivity index (χ0) is 11.4. The van der Waals surface area contributed by atoms with Crippen LogP contribution in [-0.2, 0) is 0 Å². The van der Waals surface area contributed by atoms with Crippen molar-refractivity contribution in [2.24, 2.45) is 0 Å². The Morgan fingerprint density at radius 1 is 1.27 bits per heavy atom. The maximum Gasteiger partial charge on any atom is 0.245 e. The van der Waals surface area contributed by atoms with Gasteiger partial charge in [0.05, 0.1) is 6.33 Å². The molecule has 0 fully saturated rings. The Hall–Kier alpha value is -1.83. The van der Waals surface area contributed by atoms with Crippen molar-refractivity contribution < 1.29 is 0 Å². The number of anilines is 2. The van der Waals surface area contributed by atoms with Gasteiger partial charge in [0.15, 0.2) is 11.6 Å². The third kappa shape index (κ3) is 2.15. The lowest BCUT2D eigenvalue weighted by atomic mass is 10.4. The molecule has 0 amide bonds. The molecular weight excluding hydrogens is 214 g/mol. The van der Waals surface area contributed by atoms with E-state index in [-0.39, 0.29) is 17.3 Å². The topological polar surface area (TPSA) is 130 Å². The molecule has 8 heteroatoms. The van der Waals surface area contributed by atoms with Gasteiger partial charge in [0.2, 0.25) is 5.62 Å². The minimum absolute atomic E-state index is 0.144. The van der Waals surface area contributed by atoms with Gasteiger partial charge < -0.3 is 16.5 Å². The van der Waals surface area contributed by atoms with Crippen LogP contribution in [-0.4, -0.2) is 26.2 Å². The minimum Gasteiger partial charge on any atom is -0.382 e. The number of imidazole rings is 1. The van der Waals surface area contributed by atoms with E-state index in [1.165, 1.54) is 6.33 Å². The molecule has 80 valence electrons. The van der Waals surface area contributed by atoms with E-state index in [0.717, 1.165) is 0 Å². The summed E-state index contributed by atoms with van der Waals surface area (Å²) in [5.74, 6) is 0.312. The van der Waals surface area contributed by atoms with Crippen molar-refractivity contribution in [1.82, 2.24) is 19.9 Å². The number of hydrogen-bond acceptors (Lipinski definition) is 7. The van der Waals surface area contributed by atoms with Crippen molar-refractivity contribution in [3.63, 3.8) is 0 Å². The molecule has 0 saturated heterocycles. The Morgan fingerprint density at radius 3 is 2.53 bits per heavy atom. The van der Waals surface area contributed by atoms with Crippen LogP contribution >= 0.6 is 12.6 Å². The van der Waals surface area contributed by atoms with E-state index >= 15 is 0 Å². The molecule has 0 aromatic carbocycles. The average molecular weight is 225 g/mol. The molecule has 0 radical (unpaired) electrons. The summed E-state index contributed by atoms with van der Waals surface area (Å²) in [5.41, 5.74) is 11.8. The predicted octanol–water partition coefficient (Wildman–Crippen LogP) is -0.457. The van der Waals surface area contributed by atoms with Gasteiger partial charge in [-0.1, -0.05) is 0 Å². The molecule has 0 aliphatic heterocycles. The number of rotatable bonds is 0. The average Bonchev–Trinajstić information content (AvgIpc) is 2.65. The van der Waals surface area contributed by atoms with Gasteiger partial charge in [-0.05, 0) is 6.26 Å². The van der Waals surface area contributed by atoms with Gasteiger partial charge in [0.25, 0.3) is 0 Å². The second-order valence-electron chi connectivity index (χ2n) is 2.44. The Kier molecular flexibility index (Phi) is 3.45. The van der Waals surface area contributed by atoms with Gasteiger partial charge in [-0.3, -0.25) is 5.41 Å². The number of hydrogen-bond donors (Lipinski definition) is 5. The molecule has 15 heavy (non-hydrogen) atoms. The van der Waals surface area contributed by atoms with Crippen LogP contribution in [0.4, 0.5) is 11.6 Å². The van der Waals surface area contributed by atoms with Crippen molar-refractivity contribution in [2.75, 3.05) is 17.7 Å². The molecular formula is C7H11N7S. The van der Waals surface area contributed by atoms with Crippen molar-refractivity contribution in [2.45, 2.75) is 0 Å². The van der Waals surface area contributed by atoms with Gasteiger partial charge in [0.1, 0.15) is 11.0 Å². The second kappa shape index (κ2) is 4.60. The summed E-state index contributed by atoms with van der Waals surface area (Å²) in [7, 11) is 0. The number of H-pyrrole nitrogens is 1. The summed E-state index contributed by atoms with van der Waals surface area (Å²) in [6.45, 7) is 0. The number of nitrogens with one attached hydrogen (secondary N) is 2. The number of nitrogen functional groups attached to an aromatic ring is 2. The van der Waals surface area contributed by atoms with E-state index in [2.05, 4.69) is 32.6 Å². The van der Waals surface area contributed by atoms with Gasteiger partial charge >= 0.3 is 0 Å². The number of thiol groups is 1. The molecule has 2 aromatic heterocycles. The van der Waals surface area contributed by atoms with Crippen molar-refractivity contribution in [3.05, 3.63) is 11.9 Å². The highest BCUT2D eigenvalue weighted by atomic mass is 32.1. The van der Waals surface area contributed by atoms with Crippen LogP contribution in [0.3, 0.4) is 0 Å². The van der Waals surface area contributed by atoms with Crippen LogP contribution in [0.5, 0.6) is 0 Å². The van der Waals surface area contributed by atoms with Crippen LogP contribution in [0.25, 0.3) is 11.0 Å². The molecule has 0 saturated carbocycles. The van der Waals surface area contributed by atoms with Gasteiger partial charge in [-0.25, -0.2) is 4.98 Å². The maximum atomic E-state index is 7.23. The summed E-state index contributed by atoms with van der Waals surface area (Å²) in [6, 6.07) is 0. The zero-order valence-corrected chi connectivity index (χ0v) is 8.92. The molecule has 0 unspecified atom stereocenters. The number of nitrogens with zero attached hydrogens (tertiary/aromatic N) is 3. The van der Waals surface area contributed by atoms with Crippen LogP contribution in [0.2, 0.25) is 0 Å². The smallest absolute Gasteiger partial charge is 0.245 e. The molecule has 0 bridgehead atoms. The third-order valence-electron chi connectivity index (χ3n) is 1.59. The standard InChI is InChI=1S/C6H7N7.CH4S/c7-4-2-3(11-1-10-2)5(8)13-6(9)12-4;1-2/h1H,(H,10,11)(H5,7,8,9,12,13);2H,1H3. The summed E-state index contributed by atoms with van der Waals surface area (Å²) in [5, 5.41) is 7.23. The minimum atomic E-state index is -0.221. The molecule has 2 aromatic rings. The van der Waals surface area contributed by atoms with E-state index in [1.807, 2.05) is 0 Å². The molecule has 0 atom stereocenters. The number of nitrogens with two attached hydrogens (primary N) is 2. The molecule has 0 spiro atoms. The summed E-state index contributed by atoms with van der Waals surface area (Å²) < 4.78 is 0. The Balaban J connectivity index is 0.000000531. The van der Waals surface area contributed by atoms with E-state index < -0.39 is 0 Å². The fourth-order valence-corrected chi connectivity index (χ4v) is 1.05. The van der Waals surface area contributed by atoms with Crippen LogP contribution in [0.15, 0.2) is 6.33 Å². The first-order chi connectivity index (χ1) is 7.18. The van der Waals surface area contributed by atoms with Crippen molar-refractivity contribution >= 4 is 35.3 Å². The molecule has 7 nitrogen and oxygen atoms in total. The third-order valence-corrected chi connectivity index (χ3v) is 1.59. The van der Waals surface area contributed by atoms with Crippen molar-refractivity contribution in [1.29, 1.82) is 5.41 Å². The first-order valence-corrected chi connectivity index (χ1v) is 4.83. The van der Waals surface area contributed by atoms with E-state index in [0.29, 0.717) is 11.0 Å². The summed E-state index contributed by atoms with van der Waals surface area (Å²) in [4.78, 5) is 14.0. The SMILES string of the molecule is CS.N=c1nc(N)c2nc[nH]c2c(N)n1. The highest BCUT2D eigenvalue weighted by Gasteiger charge is 2.04. The first-order valence-electron chi connectivity index (χ1n) is 3.94. The van der Waals surface area contributed by atoms with Crippen molar-refractivity contribution in [3.8, 4) is 0 Å². The Labute approximate surface area is 90.9 Å². The molecule has 2 heterocycles. The van der Waals surface area contributed by atoms with Gasteiger partial charge in [-0.2, -0.15) is 22.6 Å². The normalized spacial score (nSPS) is 9.47. The fraction of sp³-hybridized carbons (Fsp3) is 0.143. The molecule has 6 N–H and O–H groups in total. The predicted molar refractivity (Wildman–Crippen MR) is 61.3 cm³/mol. The lowest BCUT2D eigenvalue weighted by Crippen LogP contribution is -2.09. The van der Waals surface area contributed by atoms with E-state index in [4.69, 9.17) is 16.9 Å².